The Balaban J connectivity index is 1.81. The maximum Gasteiger partial charge on any atom is 0.339 e. The molecule has 0 heterocycles. The number of hydrogen-bond donors (Lipinski definition) is 1. The number of methoxy groups -OCH3 is 1. The highest BCUT2D eigenvalue weighted by molar-refractivity contribution is 9.10. The highest BCUT2D eigenvalue weighted by atomic mass is 79.9. The Morgan fingerprint density at radius 3 is 2.42 bits per heavy atom. The smallest absolute Gasteiger partial charge is 0.339 e. The summed E-state index contributed by atoms with van der Waals surface area (Å²) in [4.78, 5) is 23.0. The second-order valence-corrected chi connectivity index (χ2v) is 9.68. The van der Waals surface area contributed by atoms with Gasteiger partial charge in [0.2, 0.25) is 0 Å². The monoisotopic (exact) mass is 571 g/mol. The molecular formula is C24H18BrN3O7S. The summed E-state index contributed by atoms with van der Waals surface area (Å²) in [5.41, 5.74) is 0.700. The number of non-ortho nitro benzene ring substituents is 1. The number of nitriles is 1. The minimum Gasteiger partial charge on any atom is -0.497 e. The average Bonchev–Trinajstić information content (AvgIpc) is 2.85. The van der Waals surface area contributed by atoms with E-state index in [1.807, 2.05) is 0 Å². The van der Waals surface area contributed by atoms with E-state index in [0.29, 0.717) is 16.9 Å². The highest BCUT2D eigenvalue weighted by Crippen LogP contribution is 2.30. The van der Waals surface area contributed by atoms with Crippen molar-refractivity contribution in [1.29, 1.82) is 5.26 Å². The van der Waals surface area contributed by atoms with Crippen molar-refractivity contribution < 1.29 is 27.1 Å². The van der Waals surface area contributed by atoms with E-state index in [2.05, 4.69) is 21.2 Å². The number of hydrogen-bond acceptors (Lipinski definition) is 8. The van der Waals surface area contributed by atoms with Crippen LogP contribution in [0.2, 0.25) is 0 Å². The number of nitro groups is 1. The first kappa shape index (κ1) is 26.4. The normalized spacial score (nSPS) is 11.3. The summed E-state index contributed by atoms with van der Waals surface area (Å²) in [5.74, 6) is -0.276. The number of benzene rings is 3. The first-order valence-electron chi connectivity index (χ1n) is 10.1. The molecule has 3 aromatic rings. The van der Waals surface area contributed by atoms with Gasteiger partial charge in [0.05, 0.1) is 22.2 Å². The van der Waals surface area contributed by atoms with Gasteiger partial charge in [0.15, 0.2) is 5.75 Å². The minimum atomic E-state index is -4.13. The number of rotatable bonds is 8. The zero-order chi connectivity index (χ0) is 26.5. The van der Waals surface area contributed by atoms with Gasteiger partial charge in [-0.1, -0.05) is 12.1 Å². The topological polar surface area (TPSA) is 149 Å². The number of nitrogens with one attached hydrogen (secondary N) is 1. The minimum absolute atomic E-state index is 0.00172. The van der Waals surface area contributed by atoms with Crippen molar-refractivity contribution in [3.63, 3.8) is 0 Å². The fraction of sp³-hybridized carbons (Fsp3) is 0.0833. The van der Waals surface area contributed by atoms with Crippen LogP contribution in [0, 0.1) is 28.4 Å². The molecule has 0 aliphatic carbocycles. The Hall–Kier alpha value is -4.21. The molecule has 0 radical (unpaired) electrons. The lowest BCUT2D eigenvalue weighted by molar-refractivity contribution is -0.384. The second kappa shape index (κ2) is 11.0. The van der Waals surface area contributed by atoms with Gasteiger partial charge in [-0.15, -0.1) is 0 Å². The molecule has 0 spiro atoms. The van der Waals surface area contributed by atoms with Crippen LogP contribution in [0.3, 0.4) is 0 Å². The summed E-state index contributed by atoms with van der Waals surface area (Å²) in [7, 11) is -2.67. The molecule has 36 heavy (non-hydrogen) atoms. The molecule has 0 unspecified atom stereocenters. The van der Waals surface area contributed by atoms with E-state index >= 15 is 0 Å². The number of anilines is 1. The van der Waals surface area contributed by atoms with E-state index in [1.54, 1.807) is 13.0 Å². The molecule has 0 fully saturated rings. The van der Waals surface area contributed by atoms with E-state index < -0.39 is 20.9 Å². The molecule has 0 saturated heterocycles. The Morgan fingerprint density at radius 1 is 1.14 bits per heavy atom. The van der Waals surface area contributed by atoms with Gasteiger partial charge in [0, 0.05) is 12.1 Å². The van der Waals surface area contributed by atoms with Crippen molar-refractivity contribution in [3.05, 3.63) is 92.0 Å². The van der Waals surface area contributed by atoms with Gasteiger partial charge in [0.25, 0.3) is 11.6 Å². The molecule has 0 aromatic heterocycles. The summed E-state index contributed by atoms with van der Waals surface area (Å²) < 4.78 is 35.7. The van der Waals surface area contributed by atoms with Crippen LogP contribution in [0.1, 0.15) is 11.1 Å². The number of aryl methyl sites for hydroxylation is 1. The molecule has 10 nitrogen and oxygen atoms in total. The number of nitro benzene ring substituents is 1. The third-order valence-electron chi connectivity index (χ3n) is 4.86. The number of halogens is 1. The molecule has 184 valence electrons. The number of ether oxygens (including phenoxy) is 1. The lowest BCUT2D eigenvalue weighted by atomic mass is 10.1. The van der Waals surface area contributed by atoms with E-state index in [-0.39, 0.29) is 32.1 Å². The number of carbonyl (C=O) groups excluding carboxylic acids is 1. The Bertz CT molecular complexity index is 1510. The van der Waals surface area contributed by atoms with Gasteiger partial charge in [-0.2, -0.15) is 13.7 Å². The Morgan fingerprint density at radius 2 is 1.83 bits per heavy atom. The summed E-state index contributed by atoms with van der Waals surface area (Å²) >= 11 is 3.24. The van der Waals surface area contributed by atoms with Crippen LogP contribution in [0.15, 0.2) is 75.6 Å². The van der Waals surface area contributed by atoms with Crippen molar-refractivity contribution >= 4 is 49.4 Å². The van der Waals surface area contributed by atoms with Gasteiger partial charge >= 0.3 is 10.1 Å². The number of carbonyl (C=O) groups is 1. The van der Waals surface area contributed by atoms with Gasteiger partial charge in [0.1, 0.15) is 22.3 Å². The largest absolute Gasteiger partial charge is 0.497 e. The second-order valence-electron chi connectivity index (χ2n) is 7.28. The van der Waals surface area contributed by atoms with Crippen LogP contribution in [0.4, 0.5) is 11.4 Å². The van der Waals surface area contributed by atoms with Crippen molar-refractivity contribution in [2.45, 2.75) is 11.8 Å². The molecule has 3 aromatic carbocycles. The zero-order valence-corrected chi connectivity index (χ0v) is 21.3. The predicted octanol–water partition coefficient (Wildman–Crippen LogP) is 4.99. The quantitative estimate of drug-likeness (QED) is 0.131. The summed E-state index contributed by atoms with van der Waals surface area (Å²) in [6, 6.07) is 15.8. The molecule has 0 atom stereocenters. The van der Waals surface area contributed by atoms with Crippen LogP contribution in [-0.2, 0) is 14.9 Å². The average molecular weight is 572 g/mol. The number of amides is 1. The highest BCUT2D eigenvalue weighted by Gasteiger charge is 2.19. The zero-order valence-electron chi connectivity index (χ0n) is 18.9. The molecule has 3 rings (SSSR count). The third kappa shape index (κ3) is 6.26. The fourth-order valence-electron chi connectivity index (χ4n) is 2.95. The molecule has 12 heteroatoms. The standard InChI is InChI=1S/C24H18BrN3O7S/c1-15-3-5-18(28(30)31)13-22(15)27-24(29)17(14-26)11-16-4-10-23(21(25)12-16)35-36(32,33)20-8-6-19(34-2)7-9-20/h3-13H,1-2H3,(H,27,29)/b17-11+. The summed E-state index contributed by atoms with van der Waals surface area (Å²) in [6.07, 6.45) is 1.29. The van der Waals surface area contributed by atoms with Gasteiger partial charge in [-0.25, -0.2) is 0 Å². The number of nitrogens with zero attached hydrogens (tertiary/aromatic N) is 2. The van der Waals surface area contributed by atoms with E-state index in [0.717, 1.165) is 0 Å². The molecule has 0 bridgehead atoms. The van der Waals surface area contributed by atoms with Crippen LogP contribution in [0.5, 0.6) is 11.5 Å². The molecule has 1 N–H and O–H groups in total. The van der Waals surface area contributed by atoms with Crippen LogP contribution in [0.25, 0.3) is 6.08 Å². The van der Waals surface area contributed by atoms with Gasteiger partial charge in [-0.05, 0) is 76.5 Å². The van der Waals surface area contributed by atoms with Crippen molar-refractivity contribution in [1.82, 2.24) is 0 Å². The summed E-state index contributed by atoms with van der Waals surface area (Å²) in [6.45, 7) is 1.66. The van der Waals surface area contributed by atoms with Crippen LogP contribution >= 0.6 is 15.9 Å². The molecule has 0 saturated carbocycles. The first-order valence-corrected chi connectivity index (χ1v) is 12.3. The van der Waals surface area contributed by atoms with Crippen LogP contribution in [-0.4, -0.2) is 26.4 Å². The third-order valence-corrected chi connectivity index (χ3v) is 6.73. The van der Waals surface area contributed by atoms with E-state index in [1.165, 1.54) is 73.8 Å². The SMILES string of the molecule is COc1ccc(S(=O)(=O)Oc2ccc(/C=C(\C#N)C(=O)Nc3cc([N+](=O)[O-])ccc3C)cc2Br)cc1. The van der Waals surface area contributed by atoms with E-state index in [4.69, 9.17) is 8.92 Å². The summed E-state index contributed by atoms with van der Waals surface area (Å²) in [5, 5.41) is 23.0. The maximum absolute atomic E-state index is 12.6. The van der Waals surface area contributed by atoms with Crippen molar-refractivity contribution in [3.8, 4) is 17.6 Å². The van der Waals surface area contributed by atoms with Crippen LogP contribution < -0.4 is 14.2 Å². The maximum atomic E-state index is 12.6. The first-order chi connectivity index (χ1) is 17.0. The van der Waals surface area contributed by atoms with Gasteiger partial charge in [-0.3, -0.25) is 14.9 Å². The Kier molecular flexibility index (Phi) is 8.08. The fourth-order valence-corrected chi connectivity index (χ4v) is 4.48. The molecule has 0 aliphatic heterocycles. The lowest BCUT2D eigenvalue weighted by Crippen LogP contribution is -2.14. The molecule has 1 amide bonds. The van der Waals surface area contributed by atoms with E-state index in [9.17, 15) is 28.6 Å². The lowest BCUT2D eigenvalue weighted by Gasteiger charge is -2.10. The van der Waals surface area contributed by atoms with Gasteiger partial charge < -0.3 is 14.2 Å². The van der Waals surface area contributed by atoms with Crippen molar-refractivity contribution in [2.75, 3.05) is 12.4 Å². The predicted molar refractivity (Wildman–Crippen MR) is 135 cm³/mol. The molecule has 0 aliphatic rings. The van der Waals surface area contributed by atoms with Crippen molar-refractivity contribution in [2.24, 2.45) is 0 Å². The molecular weight excluding hydrogens is 554 g/mol. The Labute approximate surface area is 215 Å².